The molecule has 1 aliphatic rings. The number of aromatic nitrogens is 1. The van der Waals surface area contributed by atoms with Gasteiger partial charge in [0.15, 0.2) is 5.78 Å². The van der Waals surface area contributed by atoms with Gasteiger partial charge in [0.1, 0.15) is 5.76 Å². The molecule has 23 heavy (non-hydrogen) atoms. The molecule has 0 fully saturated rings. The number of fused-ring (bicyclic) bond motifs is 1. The fourth-order valence-electron chi connectivity index (χ4n) is 3.28. The minimum absolute atomic E-state index is 0.236. The van der Waals surface area contributed by atoms with Gasteiger partial charge in [0, 0.05) is 12.8 Å². The average Bonchev–Trinajstić information content (AvgIpc) is 2.97. The van der Waals surface area contributed by atoms with Crippen LogP contribution in [0, 0.1) is 0 Å². The predicted octanol–water partition coefficient (Wildman–Crippen LogP) is 5.82. The van der Waals surface area contributed by atoms with Crippen LogP contribution in [0.15, 0.2) is 16.7 Å². The third kappa shape index (κ3) is 5.96. The van der Waals surface area contributed by atoms with E-state index in [1.807, 2.05) is 0 Å². The van der Waals surface area contributed by atoms with E-state index in [4.69, 9.17) is 4.52 Å². The fourth-order valence-corrected chi connectivity index (χ4v) is 3.28. The van der Waals surface area contributed by atoms with Gasteiger partial charge < -0.3 is 4.52 Å². The number of aryl methyl sites for hydroxylation is 2. The largest absolute Gasteiger partial charge is 0.360 e. The monoisotopic (exact) mass is 317 g/mol. The predicted molar refractivity (Wildman–Crippen MR) is 93.8 cm³/mol. The van der Waals surface area contributed by atoms with Crippen molar-refractivity contribution in [2.45, 2.75) is 90.4 Å². The van der Waals surface area contributed by atoms with Crippen LogP contribution in [-0.2, 0) is 12.8 Å². The standard InChI is InChI=1S/C20H31NO2/c1-2-3-4-5-6-7-8-9-10-11-12-14-17-20-18(22)15-13-16-19(20)23-21-17/h3-4H,2,5-16H2,1H3/b4-3+. The lowest BCUT2D eigenvalue weighted by Crippen LogP contribution is -2.10. The van der Waals surface area contributed by atoms with Gasteiger partial charge in [-0.2, -0.15) is 0 Å². The minimum atomic E-state index is 0.236. The summed E-state index contributed by atoms with van der Waals surface area (Å²) in [6.45, 7) is 2.18. The molecule has 1 heterocycles. The zero-order chi connectivity index (χ0) is 16.3. The van der Waals surface area contributed by atoms with Crippen LogP contribution in [0.1, 0.15) is 99.4 Å². The Labute approximate surface area is 140 Å². The lowest BCUT2D eigenvalue weighted by atomic mass is 9.93. The van der Waals surface area contributed by atoms with Crippen molar-refractivity contribution >= 4 is 5.78 Å². The molecule has 1 aromatic heterocycles. The Hall–Kier alpha value is -1.38. The molecule has 0 bridgehead atoms. The fraction of sp³-hybridized carbons (Fsp3) is 0.700. The van der Waals surface area contributed by atoms with Crippen LogP contribution in [0.5, 0.6) is 0 Å². The van der Waals surface area contributed by atoms with Crippen LogP contribution in [0.4, 0.5) is 0 Å². The molecule has 0 saturated carbocycles. The number of hydrogen-bond donors (Lipinski definition) is 0. The van der Waals surface area contributed by atoms with E-state index >= 15 is 0 Å². The summed E-state index contributed by atoms with van der Waals surface area (Å²) in [5.41, 5.74) is 1.73. The van der Waals surface area contributed by atoms with Crippen LogP contribution in [-0.4, -0.2) is 10.9 Å². The first kappa shape index (κ1) is 18.0. The second-order valence-electron chi connectivity index (χ2n) is 6.60. The summed E-state index contributed by atoms with van der Waals surface area (Å²) in [4.78, 5) is 12.0. The van der Waals surface area contributed by atoms with Crippen LogP contribution in [0.3, 0.4) is 0 Å². The lowest BCUT2D eigenvalue weighted by Gasteiger charge is -2.08. The molecule has 2 rings (SSSR count). The maximum Gasteiger partial charge on any atom is 0.168 e. The summed E-state index contributed by atoms with van der Waals surface area (Å²) < 4.78 is 5.33. The van der Waals surface area contributed by atoms with Crippen molar-refractivity contribution in [1.29, 1.82) is 0 Å². The first-order chi connectivity index (χ1) is 11.3. The number of hydrogen-bond acceptors (Lipinski definition) is 3. The smallest absolute Gasteiger partial charge is 0.168 e. The molecule has 0 amide bonds. The molecule has 0 atom stereocenters. The lowest BCUT2D eigenvalue weighted by molar-refractivity contribution is 0.0968. The topological polar surface area (TPSA) is 43.1 Å². The Kier molecular flexibility index (Phi) is 8.13. The van der Waals surface area contributed by atoms with Gasteiger partial charge in [-0.1, -0.05) is 56.3 Å². The maximum atomic E-state index is 12.0. The molecule has 3 nitrogen and oxygen atoms in total. The summed E-state index contributed by atoms with van der Waals surface area (Å²) in [5.74, 6) is 1.06. The molecule has 0 saturated heterocycles. The molecule has 0 N–H and O–H groups in total. The van der Waals surface area contributed by atoms with Gasteiger partial charge in [-0.05, 0) is 38.5 Å². The number of rotatable bonds is 11. The van der Waals surface area contributed by atoms with E-state index in [1.165, 1.54) is 44.9 Å². The van der Waals surface area contributed by atoms with Crippen LogP contribution in [0.2, 0.25) is 0 Å². The SMILES string of the molecule is CC/C=C/CCCCCCCCCc1noc2c1C(=O)CCC2. The van der Waals surface area contributed by atoms with E-state index in [0.717, 1.165) is 49.1 Å². The summed E-state index contributed by atoms with van der Waals surface area (Å²) in [6.07, 6.45) is 19.3. The van der Waals surface area contributed by atoms with Crippen molar-refractivity contribution < 1.29 is 9.32 Å². The van der Waals surface area contributed by atoms with E-state index < -0.39 is 0 Å². The van der Waals surface area contributed by atoms with E-state index in [9.17, 15) is 4.79 Å². The molecule has 0 radical (unpaired) electrons. The Balaban J connectivity index is 1.52. The molecule has 0 spiro atoms. The van der Waals surface area contributed by atoms with Crippen molar-refractivity contribution in [1.82, 2.24) is 5.16 Å². The molecule has 0 unspecified atom stereocenters. The van der Waals surface area contributed by atoms with E-state index in [2.05, 4.69) is 24.2 Å². The summed E-state index contributed by atoms with van der Waals surface area (Å²) in [5, 5.41) is 4.13. The van der Waals surface area contributed by atoms with Gasteiger partial charge in [-0.15, -0.1) is 0 Å². The molecule has 3 heteroatoms. The maximum absolute atomic E-state index is 12.0. The second-order valence-corrected chi connectivity index (χ2v) is 6.60. The highest BCUT2D eigenvalue weighted by Crippen LogP contribution is 2.25. The zero-order valence-corrected chi connectivity index (χ0v) is 14.6. The van der Waals surface area contributed by atoms with Crippen LogP contribution >= 0.6 is 0 Å². The zero-order valence-electron chi connectivity index (χ0n) is 14.6. The van der Waals surface area contributed by atoms with Gasteiger partial charge in [-0.3, -0.25) is 4.79 Å². The number of unbranched alkanes of at least 4 members (excludes halogenated alkanes) is 7. The summed E-state index contributed by atoms with van der Waals surface area (Å²) in [7, 11) is 0. The second kappa shape index (κ2) is 10.4. The first-order valence-electron chi connectivity index (χ1n) is 9.48. The van der Waals surface area contributed by atoms with Crippen molar-refractivity contribution in [3.63, 3.8) is 0 Å². The minimum Gasteiger partial charge on any atom is -0.360 e. The Morgan fingerprint density at radius 1 is 1.00 bits per heavy atom. The molecule has 128 valence electrons. The first-order valence-corrected chi connectivity index (χ1v) is 9.48. The third-order valence-corrected chi connectivity index (χ3v) is 4.61. The Morgan fingerprint density at radius 3 is 2.52 bits per heavy atom. The Bertz CT molecular complexity index is 502. The highest BCUT2D eigenvalue weighted by molar-refractivity contribution is 5.98. The number of ketones is 1. The number of carbonyl (C=O) groups is 1. The van der Waals surface area contributed by atoms with Gasteiger partial charge in [0.05, 0.1) is 11.3 Å². The van der Waals surface area contributed by atoms with Gasteiger partial charge in [0.2, 0.25) is 0 Å². The van der Waals surface area contributed by atoms with E-state index in [1.54, 1.807) is 0 Å². The third-order valence-electron chi connectivity index (χ3n) is 4.61. The van der Waals surface area contributed by atoms with Gasteiger partial charge in [0.25, 0.3) is 0 Å². The molecule has 0 aromatic carbocycles. The van der Waals surface area contributed by atoms with Crippen molar-refractivity contribution in [3.05, 3.63) is 29.2 Å². The number of allylic oxidation sites excluding steroid dienone is 2. The summed E-state index contributed by atoms with van der Waals surface area (Å²) >= 11 is 0. The molecule has 0 aliphatic heterocycles. The number of Topliss-reactive ketones (excluding diaryl/α,β-unsaturated/α-hetero) is 1. The van der Waals surface area contributed by atoms with E-state index in [-0.39, 0.29) is 5.78 Å². The van der Waals surface area contributed by atoms with Gasteiger partial charge >= 0.3 is 0 Å². The van der Waals surface area contributed by atoms with Crippen LogP contribution < -0.4 is 0 Å². The quantitative estimate of drug-likeness (QED) is 0.381. The van der Waals surface area contributed by atoms with E-state index in [0.29, 0.717) is 6.42 Å². The average molecular weight is 317 g/mol. The van der Waals surface area contributed by atoms with Crippen molar-refractivity contribution in [3.8, 4) is 0 Å². The van der Waals surface area contributed by atoms with Crippen LogP contribution in [0.25, 0.3) is 0 Å². The van der Waals surface area contributed by atoms with Crippen molar-refractivity contribution in [2.24, 2.45) is 0 Å². The van der Waals surface area contributed by atoms with Gasteiger partial charge in [-0.25, -0.2) is 0 Å². The highest BCUT2D eigenvalue weighted by Gasteiger charge is 2.25. The number of carbonyl (C=O) groups excluding carboxylic acids is 1. The van der Waals surface area contributed by atoms with Crippen molar-refractivity contribution in [2.75, 3.05) is 0 Å². The number of nitrogens with zero attached hydrogens (tertiary/aromatic N) is 1. The molecular weight excluding hydrogens is 286 g/mol. The molecular formula is C20H31NO2. The molecule has 1 aliphatic carbocycles. The normalized spacial score (nSPS) is 14.6. The highest BCUT2D eigenvalue weighted by atomic mass is 16.5. The molecule has 1 aromatic rings. The Morgan fingerprint density at radius 2 is 1.74 bits per heavy atom. The summed E-state index contributed by atoms with van der Waals surface area (Å²) in [6, 6.07) is 0.